The van der Waals surface area contributed by atoms with Crippen molar-refractivity contribution < 1.29 is 19.1 Å². The van der Waals surface area contributed by atoms with Crippen LogP contribution in [0.5, 0.6) is 0 Å². The quantitative estimate of drug-likeness (QED) is 0.304. The van der Waals surface area contributed by atoms with Crippen LogP contribution in [0.3, 0.4) is 0 Å². The highest BCUT2D eigenvalue weighted by atomic mass is 35.5. The van der Waals surface area contributed by atoms with Gasteiger partial charge in [0.1, 0.15) is 11.7 Å². The predicted octanol–water partition coefficient (Wildman–Crippen LogP) is 4.98. The summed E-state index contributed by atoms with van der Waals surface area (Å²) in [4.78, 5) is 41.8. The molecule has 7 nitrogen and oxygen atoms in total. The summed E-state index contributed by atoms with van der Waals surface area (Å²) in [5.41, 5.74) is 2.43. The van der Waals surface area contributed by atoms with Crippen LogP contribution in [0.25, 0.3) is 10.9 Å². The van der Waals surface area contributed by atoms with Gasteiger partial charge in [0.15, 0.2) is 0 Å². The van der Waals surface area contributed by atoms with Crippen LogP contribution in [-0.4, -0.2) is 35.4 Å². The van der Waals surface area contributed by atoms with Crippen molar-refractivity contribution in [1.29, 1.82) is 0 Å². The lowest BCUT2D eigenvalue weighted by molar-refractivity contribution is -0.145. The maximum absolute atomic E-state index is 13.2. The van der Waals surface area contributed by atoms with Gasteiger partial charge in [0.05, 0.1) is 17.9 Å². The van der Waals surface area contributed by atoms with Gasteiger partial charge in [-0.15, -0.1) is 0 Å². The first-order chi connectivity index (χ1) is 17.0. The van der Waals surface area contributed by atoms with E-state index in [1.165, 1.54) is 0 Å². The molecule has 0 bridgehead atoms. The monoisotopic (exact) mass is 489 g/mol. The number of carbonyl (C=O) groups is 3. The molecular formula is C27H24ClN3O4. The Balaban J connectivity index is 1.54. The third-order valence-corrected chi connectivity index (χ3v) is 5.82. The number of rotatable bonds is 8. The number of anilines is 1. The van der Waals surface area contributed by atoms with Crippen LogP contribution in [0, 0.1) is 0 Å². The van der Waals surface area contributed by atoms with Crippen molar-refractivity contribution in [2.75, 3.05) is 11.9 Å². The molecule has 0 fully saturated rings. The number of carbonyl (C=O) groups excluding carboxylic acids is 3. The zero-order valence-electron chi connectivity index (χ0n) is 19.0. The number of ether oxygens (including phenoxy) is 1. The largest absolute Gasteiger partial charge is 0.464 e. The maximum Gasteiger partial charge on any atom is 0.328 e. The summed E-state index contributed by atoms with van der Waals surface area (Å²) in [5, 5.41) is 6.92. The minimum atomic E-state index is -0.959. The first-order valence-corrected chi connectivity index (χ1v) is 11.5. The van der Waals surface area contributed by atoms with Crippen molar-refractivity contribution in [2.45, 2.75) is 19.4 Å². The molecule has 0 aliphatic heterocycles. The first kappa shape index (κ1) is 24.0. The molecule has 1 heterocycles. The number of esters is 1. The number of hydrogen-bond donors (Lipinski definition) is 3. The molecule has 4 aromatic rings. The molecule has 1 unspecified atom stereocenters. The SMILES string of the molecule is CCOC(=O)C(Cc1ccccc1Cl)NC(=O)c1ccccc1NC(=O)c1cc2ccccc2[nH]1. The molecule has 178 valence electrons. The summed E-state index contributed by atoms with van der Waals surface area (Å²) in [6.45, 7) is 1.87. The molecule has 0 saturated heterocycles. The lowest BCUT2D eigenvalue weighted by Crippen LogP contribution is -2.43. The molecule has 0 saturated carbocycles. The minimum absolute atomic E-state index is 0.161. The van der Waals surface area contributed by atoms with Gasteiger partial charge in [0, 0.05) is 22.3 Å². The number of amides is 2. The molecule has 0 aliphatic carbocycles. The Labute approximate surface area is 207 Å². The molecule has 0 spiro atoms. The Morgan fingerprint density at radius 1 is 0.943 bits per heavy atom. The van der Waals surface area contributed by atoms with E-state index in [9.17, 15) is 14.4 Å². The van der Waals surface area contributed by atoms with Crippen molar-refractivity contribution in [1.82, 2.24) is 10.3 Å². The third kappa shape index (κ3) is 5.70. The molecule has 4 rings (SSSR count). The average molecular weight is 490 g/mol. The highest BCUT2D eigenvalue weighted by Crippen LogP contribution is 2.21. The van der Waals surface area contributed by atoms with E-state index in [-0.39, 0.29) is 24.5 Å². The number of nitrogens with one attached hydrogen (secondary N) is 3. The molecule has 2 amide bonds. The molecule has 1 atom stereocenters. The molecule has 8 heteroatoms. The van der Waals surface area contributed by atoms with Crippen LogP contribution < -0.4 is 10.6 Å². The van der Waals surface area contributed by atoms with E-state index in [1.807, 2.05) is 24.3 Å². The number of halogens is 1. The van der Waals surface area contributed by atoms with Gasteiger partial charge >= 0.3 is 5.97 Å². The number of benzene rings is 3. The van der Waals surface area contributed by atoms with Gasteiger partial charge in [-0.25, -0.2) is 4.79 Å². The predicted molar refractivity (Wildman–Crippen MR) is 136 cm³/mol. The number of para-hydroxylation sites is 2. The second-order valence-electron chi connectivity index (χ2n) is 7.84. The van der Waals surface area contributed by atoms with Crippen molar-refractivity contribution in [3.8, 4) is 0 Å². The van der Waals surface area contributed by atoms with Crippen molar-refractivity contribution in [3.63, 3.8) is 0 Å². The van der Waals surface area contributed by atoms with Crippen molar-refractivity contribution in [3.05, 3.63) is 101 Å². The Kier molecular flexibility index (Phi) is 7.48. The highest BCUT2D eigenvalue weighted by Gasteiger charge is 2.25. The Hall–Kier alpha value is -4.10. The number of fused-ring (bicyclic) bond motifs is 1. The van der Waals surface area contributed by atoms with Gasteiger partial charge < -0.3 is 20.4 Å². The minimum Gasteiger partial charge on any atom is -0.464 e. The fraction of sp³-hybridized carbons (Fsp3) is 0.148. The van der Waals surface area contributed by atoms with Gasteiger partial charge in [-0.05, 0) is 42.8 Å². The Bertz CT molecular complexity index is 1350. The van der Waals surface area contributed by atoms with E-state index >= 15 is 0 Å². The van der Waals surface area contributed by atoms with E-state index in [2.05, 4.69) is 15.6 Å². The lowest BCUT2D eigenvalue weighted by Gasteiger charge is -2.19. The van der Waals surface area contributed by atoms with Gasteiger partial charge in [-0.3, -0.25) is 9.59 Å². The van der Waals surface area contributed by atoms with Gasteiger partial charge in [0.2, 0.25) is 0 Å². The molecule has 0 radical (unpaired) electrons. The molecule has 1 aromatic heterocycles. The second-order valence-corrected chi connectivity index (χ2v) is 8.25. The molecule has 3 N–H and O–H groups in total. The van der Waals surface area contributed by atoms with E-state index < -0.39 is 17.9 Å². The van der Waals surface area contributed by atoms with Gasteiger partial charge in [-0.1, -0.05) is 60.1 Å². The van der Waals surface area contributed by atoms with Gasteiger partial charge in [-0.2, -0.15) is 0 Å². The average Bonchev–Trinajstić information content (AvgIpc) is 3.30. The second kappa shape index (κ2) is 10.9. The summed E-state index contributed by atoms with van der Waals surface area (Å²) in [5.74, 6) is -1.48. The van der Waals surface area contributed by atoms with Crippen LogP contribution in [0.1, 0.15) is 33.3 Å². The molecular weight excluding hydrogens is 466 g/mol. The van der Waals surface area contributed by atoms with Crippen LogP contribution in [0.4, 0.5) is 5.69 Å². The van der Waals surface area contributed by atoms with Gasteiger partial charge in [0.25, 0.3) is 11.8 Å². The summed E-state index contributed by atoms with van der Waals surface area (Å²) in [7, 11) is 0. The standard InChI is InChI=1S/C27H24ClN3O4/c1-2-35-27(34)24(15-17-9-3-6-12-20(17)28)31-25(32)19-11-5-8-14-22(19)30-26(33)23-16-18-10-4-7-13-21(18)29-23/h3-14,16,24,29H,2,15H2,1H3,(H,30,33)(H,31,32). The van der Waals surface area contributed by atoms with E-state index in [4.69, 9.17) is 16.3 Å². The zero-order valence-corrected chi connectivity index (χ0v) is 19.8. The van der Waals surface area contributed by atoms with Crippen molar-refractivity contribution >= 4 is 46.0 Å². The van der Waals surface area contributed by atoms with Crippen LogP contribution in [0.2, 0.25) is 5.02 Å². The number of H-pyrrole nitrogens is 1. The fourth-order valence-electron chi connectivity index (χ4n) is 3.73. The Morgan fingerprint density at radius 3 is 2.43 bits per heavy atom. The topological polar surface area (TPSA) is 100 Å². The number of hydrogen-bond acceptors (Lipinski definition) is 4. The molecule has 35 heavy (non-hydrogen) atoms. The van der Waals surface area contributed by atoms with E-state index in [0.717, 1.165) is 10.9 Å². The van der Waals surface area contributed by atoms with Crippen LogP contribution in [0.15, 0.2) is 78.9 Å². The van der Waals surface area contributed by atoms with Crippen molar-refractivity contribution in [2.24, 2.45) is 0 Å². The first-order valence-electron chi connectivity index (χ1n) is 11.1. The summed E-state index contributed by atoms with van der Waals surface area (Å²) in [6.07, 6.45) is 0.161. The summed E-state index contributed by atoms with van der Waals surface area (Å²) >= 11 is 6.26. The summed E-state index contributed by atoms with van der Waals surface area (Å²) in [6, 6.07) is 22.0. The summed E-state index contributed by atoms with van der Waals surface area (Å²) < 4.78 is 5.16. The normalized spacial score (nSPS) is 11.6. The van der Waals surface area contributed by atoms with E-state index in [0.29, 0.717) is 22.0 Å². The molecule has 0 aliphatic rings. The van der Waals surface area contributed by atoms with Crippen LogP contribution in [-0.2, 0) is 16.0 Å². The number of aromatic nitrogens is 1. The highest BCUT2D eigenvalue weighted by molar-refractivity contribution is 6.31. The van der Waals surface area contributed by atoms with Crippen LogP contribution >= 0.6 is 11.6 Å². The third-order valence-electron chi connectivity index (χ3n) is 5.45. The lowest BCUT2D eigenvalue weighted by atomic mass is 10.0. The zero-order chi connectivity index (χ0) is 24.8. The molecule has 3 aromatic carbocycles. The maximum atomic E-state index is 13.2. The van der Waals surface area contributed by atoms with E-state index in [1.54, 1.807) is 61.5 Å². The fourth-order valence-corrected chi connectivity index (χ4v) is 3.94. The smallest absolute Gasteiger partial charge is 0.328 e. The number of aromatic amines is 1. The Morgan fingerprint density at radius 2 is 1.66 bits per heavy atom.